The third-order valence-electron chi connectivity index (χ3n) is 1.75. The Hall–Kier alpha value is -2.05. The van der Waals surface area contributed by atoms with Crippen LogP contribution in [0.25, 0.3) is 0 Å². The lowest BCUT2D eigenvalue weighted by molar-refractivity contribution is -0.139. The summed E-state index contributed by atoms with van der Waals surface area (Å²) in [7, 11) is 0. The average molecular weight is 257 g/mol. The molecule has 0 aliphatic rings. The van der Waals surface area contributed by atoms with Gasteiger partial charge in [0.05, 0.1) is 6.54 Å². The van der Waals surface area contributed by atoms with E-state index < -0.39 is 23.7 Å². The summed E-state index contributed by atoms with van der Waals surface area (Å²) in [6, 6.07) is -1.16. The Labute approximate surface area is 106 Å². The third-order valence-corrected chi connectivity index (χ3v) is 1.75. The van der Waals surface area contributed by atoms with Gasteiger partial charge in [-0.25, -0.2) is 9.59 Å². The Morgan fingerprint density at radius 2 is 2.11 bits per heavy atom. The minimum atomic E-state index is -1.20. The van der Waals surface area contributed by atoms with Crippen molar-refractivity contribution in [2.24, 2.45) is 5.10 Å². The van der Waals surface area contributed by atoms with Gasteiger partial charge in [0, 0.05) is 12.9 Å². The molecular weight excluding hydrogens is 238 g/mol. The fourth-order valence-electron chi connectivity index (χ4n) is 1.01. The van der Waals surface area contributed by atoms with Crippen LogP contribution in [0.2, 0.25) is 0 Å². The first-order valence-corrected chi connectivity index (χ1v) is 5.27. The highest BCUT2D eigenvalue weighted by atomic mass is 16.6. The lowest BCUT2D eigenvalue weighted by Crippen LogP contribution is -2.48. The highest BCUT2D eigenvalue weighted by Crippen LogP contribution is 2.07. The molecule has 0 heterocycles. The van der Waals surface area contributed by atoms with Crippen LogP contribution in [0.1, 0.15) is 20.8 Å². The number of alkyl carbamates (subject to hydrolysis) is 1. The molecule has 1 amide bonds. The van der Waals surface area contributed by atoms with Gasteiger partial charge in [-0.05, 0) is 20.8 Å². The monoisotopic (exact) mass is 257 g/mol. The van der Waals surface area contributed by atoms with Crippen molar-refractivity contribution in [3.05, 3.63) is 12.8 Å². The molecule has 1 atom stereocenters. The van der Waals surface area contributed by atoms with E-state index in [4.69, 9.17) is 9.84 Å². The van der Waals surface area contributed by atoms with Gasteiger partial charge < -0.3 is 15.2 Å². The van der Waals surface area contributed by atoms with Crippen LogP contribution in [-0.4, -0.2) is 47.1 Å². The van der Waals surface area contributed by atoms with Crippen LogP contribution in [-0.2, 0) is 9.53 Å². The fraction of sp³-hybridized carbons (Fsp3) is 0.545. The summed E-state index contributed by atoms with van der Waals surface area (Å²) in [6.45, 7) is 11.7. The molecule has 0 rings (SSSR count). The van der Waals surface area contributed by atoms with Gasteiger partial charge in [0.1, 0.15) is 11.6 Å². The largest absolute Gasteiger partial charge is 0.480 e. The van der Waals surface area contributed by atoms with Gasteiger partial charge in [-0.3, -0.25) is 5.01 Å². The van der Waals surface area contributed by atoms with Crippen LogP contribution in [0.4, 0.5) is 4.79 Å². The van der Waals surface area contributed by atoms with E-state index in [1.165, 1.54) is 11.2 Å². The number of nitrogens with one attached hydrogen (secondary N) is 1. The molecule has 0 saturated carbocycles. The molecule has 18 heavy (non-hydrogen) atoms. The topological polar surface area (TPSA) is 91.2 Å². The normalized spacial score (nSPS) is 12.2. The Morgan fingerprint density at radius 3 is 2.44 bits per heavy atom. The molecule has 1 unspecified atom stereocenters. The van der Waals surface area contributed by atoms with Crippen LogP contribution in [0, 0.1) is 0 Å². The number of nitrogens with zero attached hydrogens (tertiary/aromatic N) is 2. The van der Waals surface area contributed by atoms with Crippen molar-refractivity contribution < 1.29 is 19.4 Å². The molecule has 0 bridgehead atoms. The predicted molar refractivity (Wildman–Crippen MR) is 67.2 cm³/mol. The van der Waals surface area contributed by atoms with Gasteiger partial charge in [-0.1, -0.05) is 6.58 Å². The first-order valence-electron chi connectivity index (χ1n) is 5.27. The second-order valence-corrected chi connectivity index (χ2v) is 4.48. The number of hydrogen-bond donors (Lipinski definition) is 2. The lowest BCUT2D eigenvalue weighted by Gasteiger charge is -2.23. The van der Waals surface area contributed by atoms with E-state index in [0.717, 1.165) is 0 Å². The number of carbonyl (C=O) groups is 2. The van der Waals surface area contributed by atoms with Gasteiger partial charge >= 0.3 is 12.1 Å². The van der Waals surface area contributed by atoms with E-state index in [-0.39, 0.29) is 6.54 Å². The summed E-state index contributed by atoms with van der Waals surface area (Å²) in [6.07, 6.45) is 0.502. The first kappa shape index (κ1) is 16.0. The van der Waals surface area contributed by atoms with E-state index >= 15 is 0 Å². The van der Waals surface area contributed by atoms with Crippen molar-refractivity contribution in [3.63, 3.8) is 0 Å². The summed E-state index contributed by atoms with van der Waals surface area (Å²) >= 11 is 0. The number of hydrogen-bond acceptors (Lipinski definition) is 5. The van der Waals surface area contributed by atoms with Crippen molar-refractivity contribution in [1.82, 2.24) is 10.3 Å². The van der Waals surface area contributed by atoms with Crippen molar-refractivity contribution in [3.8, 4) is 0 Å². The van der Waals surface area contributed by atoms with Gasteiger partial charge in [0.15, 0.2) is 0 Å². The smallest absolute Gasteiger partial charge is 0.408 e. The van der Waals surface area contributed by atoms with E-state index in [9.17, 15) is 9.59 Å². The number of rotatable bonds is 6. The molecule has 0 spiro atoms. The molecule has 0 aliphatic heterocycles. The molecule has 0 aliphatic carbocycles. The zero-order chi connectivity index (χ0) is 14.3. The molecule has 7 nitrogen and oxygen atoms in total. The Kier molecular flexibility index (Phi) is 5.87. The fourth-order valence-corrected chi connectivity index (χ4v) is 1.01. The van der Waals surface area contributed by atoms with Gasteiger partial charge in [-0.2, -0.15) is 5.10 Å². The van der Waals surface area contributed by atoms with Gasteiger partial charge in [0.2, 0.25) is 0 Å². The molecule has 0 aromatic carbocycles. The number of carboxylic acids is 1. The second-order valence-electron chi connectivity index (χ2n) is 4.48. The van der Waals surface area contributed by atoms with Gasteiger partial charge in [0.25, 0.3) is 0 Å². The number of amides is 1. The van der Waals surface area contributed by atoms with Crippen LogP contribution >= 0.6 is 0 Å². The van der Waals surface area contributed by atoms with Crippen LogP contribution < -0.4 is 5.32 Å². The molecule has 0 saturated heterocycles. The Bertz CT molecular complexity index is 328. The Morgan fingerprint density at radius 1 is 1.56 bits per heavy atom. The van der Waals surface area contributed by atoms with E-state index in [1.807, 2.05) is 0 Å². The standard InChI is InChI=1S/C11H19N3O4/c1-6-14(12-5)7-8(9(15)16)13-10(17)18-11(2,3)4/h6,8H,1,5,7H2,2-4H3,(H,13,17)(H,15,16). The van der Waals surface area contributed by atoms with Crippen molar-refractivity contribution in [2.45, 2.75) is 32.4 Å². The first-order chi connectivity index (χ1) is 8.19. The summed E-state index contributed by atoms with van der Waals surface area (Å²) in [5.74, 6) is -1.20. The molecular formula is C11H19N3O4. The highest BCUT2D eigenvalue weighted by Gasteiger charge is 2.25. The quantitative estimate of drug-likeness (QED) is 0.547. The van der Waals surface area contributed by atoms with Crippen molar-refractivity contribution >= 4 is 18.8 Å². The maximum Gasteiger partial charge on any atom is 0.408 e. The molecule has 0 aromatic rings. The molecule has 7 heteroatoms. The van der Waals surface area contributed by atoms with Crippen molar-refractivity contribution in [2.75, 3.05) is 6.54 Å². The van der Waals surface area contributed by atoms with E-state index in [2.05, 4.69) is 23.7 Å². The lowest BCUT2D eigenvalue weighted by atomic mass is 10.2. The van der Waals surface area contributed by atoms with Crippen molar-refractivity contribution in [1.29, 1.82) is 0 Å². The van der Waals surface area contributed by atoms with Crippen LogP contribution in [0.3, 0.4) is 0 Å². The van der Waals surface area contributed by atoms with E-state index in [1.54, 1.807) is 20.8 Å². The zero-order valence-electron chi connectivity index (χ0n) is 10.8. The van der Waals surface area contributed by atoms with Crippen LogP contribution in [0.15, 0.2) is 17.9 Å². The minimum Gasteiger partial charge on any atom is -0.480 e. The number of ether oxygens (including phenoxy) is 1. The second kappa shape index (κ2) is 6.63. The predicted octanol–water partition coefficient (Wildman–Crippen LogP) is 1.03. The summed E-state index contributed by atoms with van der Waals surface area (Å²) in [5.41, 5.74) is -0.693. The summed E-state index contributed by atoms with van der Waals surface area (Å²) in [4.78, 5) is 22.4. The van der Waals surface area contributed by atoms with Crippen LogP contribution in [0.5, 0.6) is 0 Å². The molecule has 102 valence electrons. The maximum absolute atomic E-state index is 11.4. The number of aliphatic carboxylic acids is 1. The molecule has 2 N–H and O–H groups in total. The average Bonchev–Trinajstić information content (AvgIpc) is 2.21. The number of hydrazone groups is 1. The third kappa shape index (κ3) is 6.51. The number of carbonyl (C=O) groups excluding carboxylic acids is 1. The molecule has 0 fully saturated rings. The molecule has 0 radical (unpaired) electrons. The molecule has 0 aromatic heterocycles. The zero-order valence-corrected chi connectivity index (χ0v) is 10.8. The summed E-state index contributed by atoms with van der Waals surface area (Å²) < 4.78 is 4.96. The van der Waals surface area contributed by atoms with E-state index in [0.29, 0.717) is 0 Å². The minimum absolute atomic E-state index is 0.0818. The Balaban J connectivity index is 4.54. The maximum atomic E-state index is 11.4. The number of carboxylic acid groups (broad SMARTS) is 1. The highest BCUT2D eigenvalue weighted by molar-refractivity contribution is 5.80. The SMILES string of the molecule is C=CN(CC(NC(=O)OC(C)(C)C)C(=O)O)N=C. The summed E-state index contributed by atoms with van der Waals surface area (Å²) in [5, 5.41) is 15.9. The van der Waals surface area contributed by atoms with Gasteiger partial charge in [-0.15, -0.1) is 0 Å².